The number of aromatic nitrogens is 2. The number of carbonyl (C=O) groups excluding carboxylic acids is 1. The van der Waals surface area contributed by atoms with Crippen molar-refractivity contribution < 1.29 is 4.79 Å². The molecule has 152 valence electrons. The van der Waals surface area contributed by atoms with Crippen LogP contribution in [0.3, 0.4) is 0 Å². The fraction of sp³-hybridized carbons (Fsp3) is 0.455. The van der Waals surface area contributed by atoms with Crippen LogP contribution in [0.25, 0.3) is 0 Å². The largest absolute Gasteiger partial charge is 0.354 e. The van der Waals surface area contributed by atoms with E-state index in [-0.39, 0.29) is 11.9 Å². The third kappa shape index (κ3) is 3.40. The van der Waals surface area contributed by atoms with Crippen LogP contribution in [0.15, 0.2) is 29.3 Å². The van der Waals surface area contributed by atoms with Gasteiger partial charge in [-0.25, -0.2) is 9.97 Å². The lowest BCUT2D eigenvalue weighted by Crippen LogP contribution is -2.28. The Morgan fingerprint density at radius 1 is 1.31 bits per heavy atom. The summed E-state index contributed by atoms with van der Waals surface area (Å²) >= 11 is 0. The molecule has 1 saturated heterocycles. The Morgan fingerprint density at radius 2 is 2.10 bits per heavy atom. The number of hydrogen-bond donors (Lipinski definition) is 1. The Hall–Kier alpha value is -2.80. The second-order valence-corrected chi connectivity index (χ2v) is 7.95. The van der Waals surface area contributed by atoms with Crippen molar-refractivity contribution >= 4 is 23.3 Å². The highest BCUT2D eigenvalue weighted by atomic mass is 16.2. The molecule has 0 spiro atoms. The zero-order valence-electron chi connectivity index (χ0n) is 17.5. The second kappa shape index (κ2) is 7.55. The molecule has 2 atom stereocenters. The number of amides is 1. The summed E-state index contributed by atoms with van der Waals surface area (Å²) in [5, 5.41) is 0. The molecule has 2 aliphatic rings. The van der Waals surface area contributed by atoms with Crippen LogP contribution < -0.4 is 15.5 Å². The van der Waals surface area contributed by atoms with Gasteiger partial charge < -0.3 is 10.6 Å². The van der Waals surface area contributed by atoms with Gasteiger partial charge in [0.1, 0.15) is 11.6 Å². The van der Waals surface area contributed by atoms with Crippen LogP contribution in [0.2, 0.25) is 0 Å². The zero-order chi connectivity index (χ0) is 20.7. The highest BCUT2D eigenvalue weighted by Crippen LogP contribution is 2.35. The Morgan fingerprint density at radius 3 is 2.76 bits per heavy atom. The maximum Gasteiger partial charge on any atom is 0.260 e. The SMILES string of the molecule is CN=C(C)c1cccc(N2Cc3c(cc(N4CCC[C@H]4C)nc3[C@H](C)N)C2=O)n1. The van der Waals surface area contributed by atoms with Crippen molar-refractivity contribution in [1.29, 1.82) is 0 Å². The summed E-state index contributed by atoms with van der Waals surface area (Å²) in [6.07, 6.45) is 2.28. The summed E-state index contributed by atoms with van der Waals surface area (Å²) in [6, 6.07) is 7.78. The van der Waals surface area contributed by atoms with Gasteiger partial charge in [-0.05, 0) is 51.8 Å². The van der Waals surface area contributed by atoms with Gasteiger partial charge in [-0.1, -0.05) is 6.07 Å². The van der Waals surface area contributed by atoms with Gasteiger partial charge >= 0.3 is 0 Å². The second-order valence-electron chi connectivity index (χ2n) is 7.95. The number of aliphatic imine (C=N–C) groups is 1. The molecule has 0 aromatic carbocycles. The minimum atomic E-state index is -0.247. The van der Waals surface area contributed by atoms with Crippen LogP contribution in [0.4, 0.5) is 11.6 Å². The van der Waals surface area contributed by atoms with Gasteiger partial charge in [-0.3, -0.25) is 14.7 Å². The molecule has 1 fully saturated rings. The number of pyridine rings is 2. The summed E-state index contributed by atoms with van der Waals surface area (Å²) in [5.74, 6) is 1.43. The third-order valence-electron chi connectivity index (χ3n) is 5.93. The topological polar surface area (TPSA) is 87.7 Å². The number of hydrogen-bond acceptors (Lipinski definition) is 6. The van der Waals surface area contributed by atoms with E-state index in [2.05, 4.69) is 21.8 Å². The van der Waals surface area contributed by atoms with Gasteiger partial charge in [0.25, 0.3) is 5.91 Å². The zero-order valence-corrected chi connectivity index (χ0v) is 17.5. The van der Waals surface area contributed by atoms with Crippen molar-refractivity contribution in [2.24, 2.45) is 10.7 Å². The summed E-state index contributed by atoms with van der Waals surface area (Å²) in [6.45, 7) is 7.44. The molecular weight excluding hydrogens is 364 g/mol. The molecule has 2 aromatic rings. The first-order chi connectivity index (χ1) is 13.9. The Kier molecular flexibility index (Phi) is 5.08. The normalized spacial score (nSPS) is 20.4. The van der Waals surface area contributed by atoms with Crippen LogP contribution in [0.5, 0.6) is 0 Å². The van der Waals surface area contributed by atoms with E-state index in [0.29, 0.717) is 24.0 Å². The standard InChI is InChI=1S/C22H28N6O/c1-13-7-6-10-27(13)20-11-16-17(21(26-20)14(2)23)12-28(22(16)29)19-9-5-8-18(25-19)15(3)24-4/h5,8-9,11,13-14H,6-7,10,12,23H2,1-4H3/t13-,14+/m1/s1. The van der Waals surface area contributed by atoms with E-state index >= 15 is 0 Å². The molecule has 0 unspecified atom stereocenters. The highest BCUT2D eigenvalue weighted by Gasteiger charge is 2.35. The van der Waals surface area contributed by atoms with E-state index in [9.17, 15) is 4.79 Å². The molecule has 7 nitrogen and oxygen atoms in total. The molecule has 0 saturated carbocycles. The minimum absolute atomic E-state index is 0.0480. The molecule has 2 aliphatic heterocycles. The number of nitrogens with two attached hydrogens (primary N) is 1. The molecule has 7 heteroatoms. The van der Waals surface area contributed by atoms with E-state index in [1.165, 1.54) is 0 Å². The number of rotatable bonds is 4. The lowest BCUT2D eigenvalue weighted by molar-refractivity contribution is 0.0996. The molecule has 0 radical (unpaired) electrons. The van der Waals surface area contributed by atoms with Crippen LogP contribution in [-0.4, -0.2) is 41.2 Å². The number of fused-ring (bicyclic) bond motifs is 1. The monoisotopic (exact) mass is 392 g/mol. The van der Waals surface area contributed by atoms with Crippen molar-refractivity contribution in [3.05, 3.63) is 46.8 Å². The number of anilines is 2. The fourth-order valence-electron chi connectivity index (χ4n) is 4.18. The van der Waals surface area contributed by atoms with E-state index < -0.39 is 0 Å². The van der Waals surface area contributed by atoms with Gasteiger partial charge in [0.05, 0.1) is 29.2 Å². The van der Waals surface area contributed by atoms with E-state index in [1.54, 1.807) is 11.9 Å². The summed E-state index contributed by atoms with van der Waals surface area (Å²) in [7, 11) is 1.74. The molecule has 1 amide bonds. The summed E-state index contributed by atoms with van der Waals surface area (Å²) in [4.78, 5) is 31.1. The van der Waals surface area contributed by atoms with Crippen molar-refractivity contribution in [3.63, 3.8) is 0 Å². The van der Waals surface area contributed by atoms with Crippen molar-refractivity contribution in [1.82, 2.24) is 9.97 Å². The minimum Gasteiger partial charge on any atom is -0.354 e. The lowest BCUT2D eigenvalue weighted by Gasteiger charge is -2.24. The lowest BCUT2D eigenvalue weighted by atomic mass is 10.0. The van der Waals surface area contributed by atoms with E-state index in [4.69, 9.17) is 10.7 Å². The Labute approximate surface area is 171 Å². The van der Waals surface area contributed by atoms with Crippen molar-refractivity contribution in [2.75, 3.05) is 23.4 Å². The van der Waals surface area contributed by atoms with E-state index in [1.807, 2.05) is 38.1 Å². The summed E-state index contributed by atoms with van der Waals surface area (Å²) < 4.78 is 0. The number of carbonyl (C=O) groups is 1. The first kappa shape index (κ1) is 19.5. The van der Waals surface area contributed by atoms with Gasteiger partial charge in [-0.15, -0.1) is 0 Å². The summed E-state index contributed by atoms with van der Waals surface area (Å²) in [5.41, 5.74) is 10.3. The molecule has 4 heterocycles. The third-order valence-corrected chi connectivity index (χ3v) is 5.93. The molecule has 4 rings (SSSR count). The maximum absolute atomic E-state index is 13.3. The van der Waals surface area contributed by atoms with Gasteiger partial charge in [0.15, 0.2) is 0 Å². The smallest absolute Gasteiger partial charge is 0.260 e. The van der Waals surface area contributed by atoms with Gasteiger partial charge in [0, 0.05) is 31.2 Å². The first-order valence-electron chi connectivity index (χ1n) is 10.2. The molecule has 0 bridgehead atoms. The quantitative estimate of drug-likeness (QED) is 0.808. The first-order valence-corrected chi connectivity index (χ1v) is 10.2. The number of nitrogens with zero attached hydrogens (tertiary/aromatic N) is 5. The van der Waals surface area contributed by atoms with Crippen LogP contribution in [0, 0.1) is 0 Å². The van der Waals surface area contributed by atoms with Crippen molar-refractivity contribution in [2.45, 2.75) is 52.2 Å². The molecular formula is C22H28N6O. The Balaban J connectivity index is 1.75. The van der Waals surface area contributed by atoms with Crippen LogP contribution in [0.1, 0.15) is 67.0 Å². The van der Waals surface area contributed by atoms with E-state index in [0.717, 1.165) is 47.9 Å². The predicted octanol–water partition coefficient (Wildman–Crippen LogP) is 3.08. The van der Waals surface area contributed by atoms with Crippen LogP contribution in [-0.2, 0) is 6.54 Å². The average Bonchev–Trinajstić information content (AvgIpc) is 3.30. The molecule has 2 N–H and O–H groups in total. The molecule has 2 aromatic heterocycles. The Bertz CT molecular complexity index is 983. The van der Waals surface area contributed by atoms with Crippen molar-refractivity contribution in [3.8, 4) is 0 Å². The predicted molar refractivity (Wildman–Crippen MR) is 116 cm³/mol. The van der Waals surface area contributed by atoms with Gasteiger partial charge in [-0.2, -0.15) is 0 Å². The maximum atomic E-state index is 13.3. The van der Waals surface area contributed by atoms with Crippen LogP contribution >= 0.6 is 0 Å². The molecule has 0 aliphatic carbocycles. The highest BCUT2D eigenvalue weighted by molar-refractivity contribution is 6.10. The average molecular weight is 393 g/mol. The fourth-order valence-corrected chi connectivity index (χ4v) is 4.18. The van der Waals surface area contributed by atoms with Gasteiger partial charge in [0.2, 0.25) is 0 Å². The molecule has 29 heavy (non-hydrogen) atoms.